The van der Waals surface area contributed by atoms with Crippen LogP contribution in [-0.2, 0) is 17.8 Å². The van der Waals surface area contributed by atoms with E-state index >= 15 is 0 Å². The van der Waals surface area contributed by atoms with Gasteiger partial charge in [0.15, 0.2) is 5.96 Å². The molecule has 0 aromatic heterocycles. The first kappa shape index (κ1) is 23.2. The van der Waals surface area contributed by atoms with E-state index in [-0.39, 0.29) is 24.0 Å². The number of nitrogens with zero attached hydrogens (tertiary/aromatic N) is 1. The molecule has 0 unspecified atom stereocenters. The Bertz CT molecular complexity index is 717. The molecule has 0 spiro atoms. The Kier molecular flexibility index (Phi) is 10.8. The number of hydrogen-bond donors (Lipinski definition) is 3. The number of guanidine groups is 1. The van der Waals surface area contributed by atoms with Gasteiger partial charge in [-0.2, -0.15) is 0 Å². The summed E-state index contributed by atoms with van der Waals surface area (Å²) >= 11 is 0. The van der Waals surface area contributed by atoms with Crippen LogP contribution in [0.15, 0.2) is 47.5 Å². The van der Waals surface area contributed by atoms with Crippen LogP contribution in [0.4, 0.5) is 5.69 Å². The van der Waals surface area contributed by atoms with Crippen molar-refractivity contribution >= 4 is 35.6 Å². The molecular formula is C21H31IN4O. The van der Waals surface area contributed by atoms with E-state index in [4.69, 9.17) is 4.74 Å². The molecule has 3 N–H and O–H groups in total. The van der Waals surface area contributed by atoms with Gasteiger partial charge in [-0.25, -0.2) is 0 Å². The van der Waals surface area contributed by atoms with E-state index in [2.05, 4.69) is 77.3 Å². The normalized spacial score (nSPS) is 10.9. The van der Waals surface area contributed by atoms with Crippen LogP contribution in [0.3, 0.4) is 0 Å². The topological polar surface area (TPSA) is 57.7 Å². The lowest BCUT2D eigenvalue weighted by Crippen LogP contribution is -2.36. The number of hydrogen-bond acceptors (Lipinski definition) is 3. The number of ether oxygens (including phenoxy) is 1. The zero-order valence-electron chi connectivity index (χ0n) is 16.6. The van der Waals surface area contributed by atoms with Gasteiger partial charge >= 0.3 is 0 Å². The van der Waals surface area contributed by atoms with E-state index in [0.29, 0.717) is 6.61 Å². The Morgan fingerprint density at radius 1 is 1.00 bits per heavy atom. The molecule has 6 heteroatoms. The van der Waals surface area contributed by atoms with Crippen molar-refractivity contribution in [3.63, 3.8) is 0 Å². The van der Waals surface area contributed by atoms with Crippen molar-refractivity contribution in [1.82, 2.24) is 10.6 Å². The summed E-state index contributed by atoms with van der Waals surface area (Å²) in [5.41, 5.74) is 6.17. The van der Waals surface area contributed by atoms with Crippen LogP contribution < -0.4 is 16.0 Å². The zero-order chi connectivity index (χ0) is 18.8. The van der Waals surface area contributed by atoms with Crippen molar-refractivity contribution in [3.05, 3.63) is 64.7 Å². The van der Waals surface area contributed by atoms with E-state index < -0.39 is 0 Å². The Labute approximate surface area is 180 Å². The zero-order valence-corrected chi connectivity index (χ0v) is 19.0. The molecule has 5 nitrogen and oxygen atoms in total. The van der Waals surface area contributed by atoms with Gasteiger partial charge in [-0.05, 0) is 42.7 Å². The third-order valence-electron chi connectivity index (χ3n) is 4.22. The predicted octanol–water partition coefficient (Wildman–Crippen LogP) is 3.84. The predicted molar refractivity (Wildman–Crippen MR) is 125 cm³/mol. The number of anilines is 1. The molecule has 0 aliphatic heterocycles. The highest BCUT2D eigenvalue weighted by atomic mass is 127. The summed E-state index contributed by atoms with van der Waals surface area (Å²) in [4.78, 5) is 4.30. The van der Waals surface area contributed by atoms with Gasteiger partial charge in [0.05, 0.1) is 6.61 Å². The van der Waals surface area contributed by atoms with E-state index in [1.54, 1.807) is 14.2 Å². The first-order chi connectivity index (χ1) is 12.6. The second-order valence-electron chi connectivity index (χ2n) is 6.33. The standard InChI is InChI=1S/C21H30N4O.HI/c1-16-5-8-19(17(2)13-16)15-25-21(22-3)24-14-18-6-9-20(10-7-18)23-11-12-26-4;/h5-10,13,23H,11-12,14-15H2,1-4H3,(H2,22,24,25);1H. The van der Waals surface area contributed by atoms with Crippen LogP contribution in [0.1, 0.15) is 22.3 Å². The Morgan fingerprint density at radius 3 is 2.33 bits per heavy atom. The molecule has 0 bridgehead atoms. The minimum absolute atomic E-state index is 0. The number of nitrogens with one attached hydrogen (secondary N) is 3. The molecule has 0 fully saturated rings. The average molecular weight is 482 g/mol. The third-order valence-corrected chi connectivity index (χ3v) is 4.22. The number of rotatable bonds is 8. The third kappa shape index (κ3) is 8.17. The molecule has 0 radical (unpaired) electrons. The molecule has 0 saturated carbocycles. The number of aryl methyl sites for hydroxylation is 2. The molecule has 2 aromatic carbocycles. The maximum absolute atomic E-state index is 5.04. The van der Waals surface area contributed by atoms with E-state index in [0.717, 1.165) is 31.3 Å². The fraction of sp³-hybridized carbons (Fsp3) is 0.381. The van der Waals surface area contributed by atoms with Gasteiger partial charge in [0.25, 0.3) is 0 Å². The molecule has 27 heavy (non-hydrogen) atoms. The fourth-order valence-corrected chi connectivity index (χ4v) is 2.67. The molecule has 2 rings (SSSR count). The van der Waals surface area contributed by atoms with Crippen molar-refractivity contribution in [3.8, 4) is 0 Å². The lowest BCUT2D eigenvalue weighted by atomic mass is 10.1. The van der Waals surface area contributed by atoms with Crippen LogP contribution in [0, 0.1) is 13.8 Å². The molecular weight excluding hydrogens is 451 g/mol. The van der Waals surface area contributed by atoms with Crippen molar-refractivity contribution in [2.75, 3.05) is 32.6 Å². The monoisotopic (exact) mass is 482 g/mol. The highest BCUT2D eigenvalue weighted by Gasteiger charge is 2.02. The highest BCUT2D eigenvalue weighted by Crippen LogP contribution is 2.10. The molecule has 148 valence electrons. The minimum Gasteiger partial charge on any atom is -0.383 e. The van der Waals surface area contributed by atoms with Crippen LogP contribution in [0.5, 0.6) is 0 Å². The first-order valence-corrected chi connectivity index (χ1v) is 8.94. The largest absolute Gasteiger partial charge is 0.383 e. The number of methoxy groups -OCH3 is 1. The van der Waals surface area contributed by atoms with Gasteiger partial charge in [0, 0.05) is 39.5 Å². The van der Waals surface area contributed by atoms with Crippen LogP contribution in [0.2, 0.25) is 0 Å². The second kappa shape index (κ2) is 12.6. The van der Waals surface area contributed by atoms with Crippen molar-refractivity contribution < 1.29 is 4.74 Å². The Hall–Kier alpha value is -1.80. The average Bonchev–Trinajstić information content (AvgIpc) is 2.64. The summed E-state index contributed by atoms with van der Waals surface area (Å²) in [5, 5.41) is 10.0. The molecule has 0 aliphatic rings. The van der Waals surface area contributed by atoms with Gasteiger partial charge in [0.2, 0.25) is 0 Å². The molecule has 0 atom stereocenters. The number of benzene rings is 2. The highest BCUT2D eigenvalue weighted by molar-refractivity contribution is 14.0. The summed E-state index contributed by atoms with van der Waals surface area (Å²) in [5.74, 6) is 0.798. The van der Waals surface area contributed by atoms with E-state index in [1.807, 2.05) is 0 Å². The van der Waals surface area contributed by atoms with E-state index in [9.17, 15) is 0 Å². The van der Waals surface area contributed by atoms with Gasteiger partial charge in [-0.15, -0.1) is 24.0 Å². The summed E-state index contributed by atoms with van der Waals surface area (Å²) in [6.45, 7) is 7.25. The molecule has 0 heterocycles. The van der Waals surface area contributed by atoms with Crippen LogP contribution in [-0.4, -0.2) is 33.3 Å². The van der Waals surface area contributed by atoms with Crippen molar-refractivity contribution in [1.29, 1.82) is 0 Å². The minimum atomic E-state index is 0. The van der Waals surface area contributed by atoms with Gasteiger partial charge < -0.3 is 20.7 Å². The van der Waals surface area contributed by atoms with Gasteiger partial charge in [-0.1, -0.05) is 35.9 Å². The quantitative estimate of drug-likeness (QED) is 0.232. The van der Waals surface area contributed by atoms with Gasteiger partial charge in [0.1, 0.15) is 0 Å². The first-order valence-electron chi connectivity index (χ1n) is 8.94. The summed E-state index contributed by atoms with van der Waals surface area (Å²) < 4.78 is 5.04. The van der Waals surface area contributed by atoms with Crippen LogP contribution in [0.25, 0.3) is 0 Å². The summed E-state index contributed by atoms with van der Waals surface area (Å²) in [6.07, 6.45) is 0. The fourth-order valence-electron chi connectivity index (χ4n) is 2.67. The lowest BCUT2D eigenvalue weighted by molar-refractivity contribution is 0.211. The smallest absolute Gasteiger partial charge is 0.191 e. The molecule has 0 saturated heterocycles. The maximum atomic E-state index is 5.04. The second-order valence-corrected chi connectivity index (χ2v) is 6.33. The lowest BCUT2D eigenvalue weighted by Gasteiger charge is -2.14. The Morgan fingerprint density at radius 2 is 1.70 bits per heavy atom. The Balaban J connectivity index is 0.00000364. The summed E-state index contributed by atoms with van der Waals surface area (Å²) in [7, 11) is 3.50. The molecule has 0 aliphatic carbocycles. The number of halogens is 1. The molecule has 0 amide bonds. The summed E-state index contributed by atoms with van der Waals surface area (Å²) in [6, 6.07) is 14.9. The van der Waals surface area contributed by atoms with Crippen molar-refractivity contribution in [2.24, 2.45) is 4.99 Å². The van der Waals surface area contributed by atoms with Gasteiger partial charge in [-0.3, -0.25) is 4.99 Å². The van der Waals surface area contributed by atoms with E-state index in [1.165, 1.54) is 22.3 Å². The number of aliphatic imine (C=N–C) groups is 1. The van der Waals surface area contributed by atoms with Crippen molar-refractivity contribution in [2.45, 2.75) is 26.9 Å². The maximum Gasteiger partial charge on any atom is 0.191 e. The molecule has 2 aromatic rings. The SMILES string of the molecule is CN=C(NCc1ccc(NCCOC)cc1)NCc1ccc(C)cc1C.I. The van der Waals surface area contributed by atoms with Crippen LogP contribution >= 0.6 is 24.0 Å².